The summed E-state index contributed by atoms with van der Waals surface area (Å²) in [6.45, 7) is 2.09. The summed E-state index contributed by atoms with van der Waals surface area (Å²) in [5.41, 5.74) is 2.16. The van der Waals surface area contributed by atoms with Crippen molar-refractivity contribution in [1.82, 2.24) is 9.59 Å². The molecule has 19 heavy (non-hydrogen) atoms. The Kier molecular flexibility index (Phi) is 3.42. The largest absolute Gasteiger partial charge is 0.293 e. The lowest BCUT2D eigenvalue weighted by Gasteiger charge is -2.00. The van der Waals surface area contributed by atoms with E-state index >= 15 is 0 Å². The van der Waals surface area contributed by atoms with Crippen LogP contribution in [0.3, 0.4) is 0 Å². The molecular formula is C15H16N2OS. The summed E-state index contributed by atoms with van der Waals surface area (Å²) < 4.78 is 3.94. The van der Waals surface area contributed by atoms with Crippen LogP contribution in [0.5, 0.6) is 0 Å². The highest BCUT2D eigenvalue weighted by atomic mass is 32.1. The highest BCUT2D eigenvalue weighted by Crippen LogP contribution is 2.49. The smallest absolute Gasteiger partial charge is 0.180 e. The van der Waals surface area contributed by atoms with Gasteiger partial charge in [-0.3, -0.25) is 4.79 Å². The number of aryl methyl sites for hydroxylation is 1. The molecule has 0 N–H and O–H groups in total. The molecule has 0 aliphatic heterocycles. The molecule has 1 heterocycles. The second kappa shape index (κ2) is 5.21. The minimum atomic E-state index is 0.139. The Morgan fingerprint density at radius 1 is 1.37 bits per heavy atom. The van der Waals surface area contributed by atoms with Gasteiger partial charge >= 0.3 is 0 Å². The second-order valence-corrected chi connectivity index (χ2v) is 5.78. The molecule has 4 heteroatoms. The van der Waals surface area contributed by atoms with E-state index in [9.17, 15) is 4.79 Å². The van der Waals surface area contributed by atoms with Crippen molar-refractivity contribution >= 4 is 17.3 Å². The number of rotatable bonds is 5. The molecule has 98 valence electrons. The van der Waals surface area contributed by atoms with Crippen LogP contribution in [0, 0.1) is 5.92 Å². The average molecular weight is 272 g/mol. The average Bonchev–Trinajstić information content (AvgIpc) is 3.12. The molecule has 1 aliphatic rings. The van der Waals surface area contributed by atoms with Crippen LogP contribution in [0.4, 0.5) is 0 Å². The first kappa shape index (κ1) is 12.5. The monoisotopic (exact) mass is 272 g/mol. The van der Waals surface area contributed by atoms with E-state index in [2.05, 4.69) is 28.6 Å². The minimum absolute atomic E-state index is 0.139. The third-order valence-electron chi connectivity index (χ3n) is 3.62. The predicted molar refractivity (Wildman–Crippen MR) is 75.5 cm³/mol. The van der Waals surface area contributed by atoms with E-state index in [1.54, 1.807) is 0 Å². The van der Waals surface area contributed by atoms with Crippen molar-refractivity contribution in [3.8, 4) is 0 Å². The minimum Gasteiger partial charge on any atom is -0.293 e. The Morgan fingerprint density at radius 2 is 2.16 bits per heavy atom. The van der Waals surface area contributed by atoms with E-state index in [0.29, 0.717) is 5.92 Å². The Balaban J connectivity index is 1.74. The van der Waals surface area contributed by atoms with Gasteiger partial charge in [0.2, 0.25) is 0 Å². The Morgan fingerprint density at radius 3 is 2.89 bits per heavy atom. The van der Waals surface area contributed by atoms with Crippen molar-refractivity contribution < 1.29 is 4.79 Å². The molecule has 3 nitrogen and oxygen atoms in total. The van der Waals surface area contributed by atoms with Gasteiger partial charge in [0, 0.05) is 5.92 Å². The summed E-state index contributed by atoms with van der Waals surface area (Å²) in [5, 5.41) is 4.08. The van der Waals surface area contributed by atoms with Crippen molar-refractivity contribution in [3.05, 3.63) is 46.5 Å². The molecule has 1 aromatic heterocycles. The normalized spacial score (nSPS) is 21.3. The number of nitrogens with zero attached hydrogens (tertiary/aromatic N) is 2. The van der Waals surface area contributed by atoms with Crippen molar-refractivity contribution in [2.75, 3.05) is 0 Å². The summed E-state index contributed by atoms with van der Waals surface area (Å²) in [7, 11) is 0. The van der Waals surface area contributed by atoms with Crippen LogP contribution >= 0.6 is 11.5 Å². The first-order valence-corrected chi connectivity index (χ1v) is 7.49. The molecule has 0 bridgehead atoms. The molecule has 1 saturated carbocycles. The van der Waals surface area contributed by atoms with Gasteiger partial charge in [-0.2, -0.15) is 0 Å². The van der Waals surface area contributed by atoms with Gasteiger partial charge in [-0.15, -0.1) is 5.10 Å². The SMILES string of the molecule is CCCc1nnsc1C(=O)C1CC1c1ccccc1. The summed E-state index contributed by atoms with van der Waals surface area (Å²) in [5.74, 6) is 0.776. The maximum absolute atomic E-state index is 12.5. The lowest BCUT2D eigenvalue weighted by molar-refractivity contribution is 0.0968. The lowest BCUT2D eigenvalue weighted by Crippen LogP contribution is -2.04. The van der Waals surface area contributed by atoms with E-state index in [-0.39, 0.29) is 11.7 Å². The highest BCUT2D eigenvalue weighted by molar-refractivity contribution is 7.08. The van der Waals surface area contributed by atoms with Gasteiger partial charge < -0.3 is 0 Å². The van der Waals surface area contributed by atoms with E-state index in [1.165, 1.54) is 17.1 Å². The number of aromatic nitrogens is 2. The van der Waals surface area contributed by atoms with Gasteiger partial charge in [-0.25, -0.2) is 0 Å². The fourth-order valence-electron chi connectivity index (χ4n) is 2.52. The third kappa shape index (κ3) is 2.45. The van der Waals surface area contributed by atoms with E-state index in [0.717, 1.165) is 29.8 Å². The second-order valence-electron chi connectivity index (χ2n) is 5.02. The van der Waals surface area contributed by atoms with Crippen molar-refractivity contribution in [3.63, 3.8) is 0 Å². The number of benzene rings is 1. The number of carbonyl (C=O) groups excluding carboxylic acids is 1. The number of hydrogen-bond donors (Lipinski definition) is 0. The van der Waals surface area contributed by atoms with E-state index in [4.69, 9.17) is 0 Å². The van der Waals surface area contributed by atoms with Gasteiger partial charge in [0.1, 0.15) is 4.88 Å². The molecule has 0 amide bonds. The third-order valence-corrected chi connectivity index (χ3v) is 4.40. The fraction of sp³-hybridized carbons (Fsp3) is 0.400. The van der Waals surface area contributed by atoms with Gasteiger partial charge in [-0.05, 0) is 35.9 Å². The van der Waals surface area contributed by atoms with Crippen LogP contribution in [-0.4, -0.2) is 15.4 Å². The predicted octanol–water partition coefficient (Wildman–Crippen LogP) is 3.48. The van der Waals surface area contributed by atoms with Crippen molar-refractivity contribution in [2.45, 2.75) is 32.1 Å². The standard InChI is InChI=1S/C15H16N2OS/c1-2-6-13-15(19-17-16-13)14(18)12-9-11(12)10-7-4-3-5-8-10/h3-5,7-8,11-12H,2,6,9H2,1H3. The molecule has 2 aromatic rings. The molecule has 1 aliphatic carbocycles. The Hall–Kier alpha value is -1.55. The molecule has 2 unspecified atom stereocenters. The maximum Gasteiger partial charge on any atom is 0.180 e. The van der Waals surface area contributed by atoms with Gasteiger partial charge in [-0.1, -0.05) is 48.2 Å². The number of Topliss-reactive ketones (excluding diaryl/α,β-unsaturated/α-hetero) is 1. The zero-order valence-electron chi connectivity index (χ0n) is 10.9. The molecule has 1 aromatic carbocycles. The van der Waals surface area contributed by atoms with Crippen molar-refractivity contribution in [1.29, 1.82) is 0 Å². The first-order valence-electron chi connectivity index (χ1n) is 6.71. The van der Waals surface area contributed by atoms with Gasteiger partial charge in [0.15, 0.2) is 5.78 Å². The molecule has 0 spiro atoms. The molecule has 2 atom stereocenters. The summed E-state index contributed by atoms with van der Waals surface area (Å²) in [6, 6.07) is 10.3. The van der Waals surface area contributed by atoms with Gasteiger partial charge in [0.25, 0.3) is 0 Å². The molecule has 0 saturated heterocycles. The Labute approximate surface area is 116 Å². The number of hydrogen-bond acceptors (Lipinski definition) is 4. The molecule has 1 fully saturated rings. The first-order chi connectivity index (χ1) is 9.31. The lowest BCUT2D eigenvalue weighted by atomic mass is 10.1. The van der Waals surface area contributed by atoms with Crippen LogP contribution < -0.4 is 0 Å². The van der Waals surface area contributed by atoms with Crippen LogP contribution in [-0.2, 0) is 6.42 Å². The molecule has 0 radical (unpaired) electrons. The summed E-state index contributed by atoms with van der Waals surface area (Å²) in [4.78, 5) is 13.3. The number of carbonyl (C=O) groups is 1. The zero-order chi connectivity index (χ0) is 13.2. The summed E-state index contributed by atoms with van der Waals surface area (Å²) in [6.07, 6.45) is 2.81. The fourth-order valence-corrected chi connectivity index (χ4v) is 3.23. The molecule has 3 rings (SSSR count). The topological polar surface area (TPSA) is 42.9 Å². The Bertz CT molecular complexity index is 579. The van der Waals surface area contributed by atoms with E-state index < -0.39 is 0 Å². The van der Waals surface area contributed by atoms with Crippen LogP contribution in [0.15, 0.2) is 30.3 Å². The van der Waals surface area contributed by atoms with Crippen LogP contribution in [0.1, 0.15) is 46.6 Å². The van der Waals surface area contributed by atoms with Gasteiger partial charge in [0.05, 0.1) is 5.69 Å². The highest BCUT2D eigenvalue weighted by Gasteiger charge is 2.45. The van der Waals surface area contributed by atoms with E-state index in [1.807, 2.05) is 18.2 Å². The van der Waals surface area contributed by atoms with Crippen LogP contribution in [0.25, 0.3) is 0 Å². The maximum atomic E-state index is 12.5. The van der Waals surface area contributed by atoms with Crippen LogP contribution in [0.2, 0.25) is 0 Å². The quantitative estimate of drug-likeness (QED) is 0.783. The number of ketones is 1. The summed E-state index contributed by atoms with van der Waals surface area (Å²) >= 11 is 1.25. The van der Waals surface area contributed by atoms with Crippen molar-refractivity contribution in [2.24, 2.45) is 5.92 Å². The zero-order valence-corrected chi connectivity index (χ0v) is 11.7. The molecular weight excluding hydrogens is 256 g/mol.